The Bertz CT molecular complexity index is 567. The normalized spacial score (nSPS) is 23.5. The Hall–Kier alpha value is -1.66. The molecule has 0 spiro atoms. The molecule has 2 unspecified atom stereocenters. The average molecular weight is 326 g/mol. The Kier molecular flexibility index (Phi) is 5.37. The van der Waals surface area contributed by atoms with Gasteiger partial charge in [-0.15, -0.1) is 12.4 Å². The van der Waals surface area contributed by atoms with E-state index in [4.69, 9.17) is 0 Å². The zero-order chi connectivity index (χ0) is 14.8. The summed E-state index contributed by atoms with van der Waals surface area (Å²) in [6, 6.07) is 6.49. The molecule has 2 atom stereocenters. The molecule has 0 radical (unpaired) electrons. The van der Waals surface area contributed by atoms with E-state index in [0.717, 1.165) is 32.6 Å². The minimum atomic E-state index is -0.421. The second kappa shape index (κ2) is 7.07. The molecule has 1 N–H and O–H groups in total. The largest absolute Gasteiger partial charge is 0.342 e. The van der Waals surface area contributed by atoms with Gasteiger partial charge in [0.05, 0.1) is 11.3 Å². The van der Waals surface area contributed by atoms with Crippen LogP contribution in [-0.4, -0.2) is 41.9 Å². The van der Waals surface area contributed by atoms with Crippen LogP contribution in [0.25, 0.3) is 0 Å². The molecule has 0 aliphatic carbocycles. The molecule has 2 aliphatic heterocycles. The fourth-order valence-electron chi connectivity index (χ4n) is 3.37. The molecule has 2 saturated heterocycles. The van der Waals surface area contributed by atoms with Crippen molar-refractivity contribution in [1.29, 1.82) is 0 Å². The lowest BCUT2D eigenvalue weighted by Gasteiger charge is -2.34. The molecule has 2 aliphatic rings. The minimum absolute atomic E-state index is 0. The molecule has 1 amide bonds. The first-order chi connectivity index (χ1) is 10.1. The van der Waals surface area contributed by atoms with Gasteiger partial charge >= 0.3 is 0 Å². The number of hydrogen-bond donors (Lipinski definition) is 1. The number of nitrogens with zero attached hydrogens (tertiary/aromatic N) is 2. The summed E-state index contributed by atoms with van der Waals surface area (Å²) >= 11 is 0. The van der Waals surface area contributed by atoms with Crippen LogP contribution in [0.4, 0.5) is 5.69 Å². The van der Waals surface area contributed by atoms with Crippen LogP contribution in [0.2, 0.25) is 0 Å². The van der Waals surface area contributed by atoms with Gasteiger partial charge in [-0.2, -0.15) is 0 Å². The second-order valence-corrected chi connectivity index (χ2v) is 5.87. The average Bonchev–Trinajstić information content (AvgIpc) is 2.94. The summed E-state index contributed by atoms with van der Waals surface area (Å²) in [6.45, 7) is 3.57. The van der Waals surface area contributed by atoms with Crippen molar-refractivity contribution >= 4 is 24.0 Å². The van der Waals surface area contributed by atoms with Gasteiger partial charge < -0.3 is 10.2 Å². The van der Waals surface area contributed by atoms with E-state index in [2.05, 4.69) is 5.32 Å². The lowest BCUT2D eigenvalue weighted by molar-refractivity contribution is -0.385. The maximum atomic E-state index is 12.4. The van der Waals surface area contributed by atoms with Crippen LogP contribution in [0, 0.1) is 22.0 Å². The van der Waals surface area contributed by atoms with Crippen molar-refractivity contribution < 1.29 is 9.72 Å². The van der Waals surface area contributed by atoms with E-state index in [1.54, 1.807) is 18.2 Å². The van der Waals surface area contributed by atoms with E-state index in [-0.39, 0.29) is 30.4 Å². The van der Waals surface area contributed by atoms with Crippen molar-refractivity contribution in [3.8, 4) is 0 Å². The summed E-state index contributed by atoms with van der Waals surface area (Å²) in [5, 5.41) is 14.4. The number of nitrogens with one attached hydrogen (secondary N) is 1. The third kappa shape index (κ3) is 3.39. The molecule has 1 aromatic carbocycles. The number of benzene rings is 1. The first-order valence-corrected chi connectivity index (χ1v) is 7.36. The number of fused-ring (bicyclic) bond motifs is 1. The Morgan fingerprint density at radius 1 is 1.32 bits per heavy atom. The minimum Gasteiger partial charge on any atom is -0.342 e. The monoisotopic (exact) mass is 325 g/mol. The van der Waals surface area contributed by atoms with Crippen molar-refractivity contribution in [3.05, 3.63) is 39.9 Å². The number of rotatable bonds is 3. The van der Waals surface area contributed by atoms with Crippen molar-refractivity contribution in [2.45, 2.75) is 12.8 Å². The number of carbonyl (C=O) groups is 1. The number of hydrogen-bond acceptors (Lipinski definition) is 4. The van der Waals surface area contributed by atoms with Crippen molar-refractivity contribution in [3.63, 3.8) is 0 Å². The Morgan fingerprint density at radius 3 is 2.82 bits per heavy atom. The molecular formula is C15H20ClN3O3. The molecule has 0 aromatic heterocycles. The number of piperidine rings is 1. The van der Waals surface area contributed by atoms with Gasteiger partial charge in [0.25, 0.3) is 5.69 Å². The maximum absolute atomic E-state index is 12.4. The highest BCUT2D eigenvalue weighted by Crippen LogP contribution is 2.27. The van der Waals surface area contributed by atoms with Crippen molar-refractivity contribution in [2.24, 2.45) is 11.8 Å². The molecular weight excluding hydrogens is 306 g/mol. The lowest BCUT2D eigenvalue weighted by atomic mass is 9.88. The van der Waals surface area contributed by atoms with Crippen LogP contribution < -0.4 is 5.32 Å². The summed E-state index contributed by atoms with van der Waals surface area (Å²) in [5.41, 5.74) is 0.530. The SMILES string of the molecule is Cl.O=C(Cc1ccccc1[N+](=O)[O-])N1CCC2CNCC2C1. The molecule has 7 heteroatoms. The van der Waals surface area contributed by atoms with Crippen LogP contribution in [0.3, 0.4) is 0 Å². The molecule has 3 rings (SSSR count). The van der Waals surface area contributed by atoms with Crippen LogP contribution in [0.1, 0.15) is 12.0 Å². The lowest BCUT2D eigenvalue weighted by Crippen LogP contribution is -2.44. The maximum Gasteiger partial charge on any atom is 0.273 e. The van der Waals surface area contributed by atoms with E-state index >= 15 is 0 Å². The molecule has 2 heterocycles. The van der Waals surface area contributed by atoms with Crippen LogP contribution in [0.5, 0.6) is 0 Å². The van der Waals surface area contributed by atoms with Gasteiger partial charge in [-0.1, -0.05) is 18.2 Å². The third-order valence-corrected chi connectivity index (χ3v) is 4.59. The number of carbonyl (C=O) groups excluding carboxylic acids is 1. The van der Waals surface area contributed by atoms with Gasteiger partial charge in [-0.05, 0) is 31.3 Å². The van der Waals surface area contributed by atoms with Gasteiger partial charge in [0, 0.05) is 24.7 Å². The van der Waals surface area contributed by atoms with E-state index < -0.39 is 4.92 Å². The van der Waals surface area contributed by atoms with Gasteiger partial charge in [0.15, 0.2) is 0 Å². The van der Waals surface area contributed by atoms with E-state index in [1.165, 1.54) is 6.07 Å². The van der Waals surface area contributed by atoms with Gasteiger partial charge in [-0.25, -0.2) is 0 Å². The number of para-hydroxylation sites is 1. The number of amides is 1. The fourth-order valence-corrected chi connectivity index (χ4v) is 3.37. The molecule has 1 aromatic rings. The highest BCUT2D eigenvalue weighted by Gasteiger charge is 2.34. The Balaban J connectivity index is 0.00000176. The third-order valence-electron chi connectivity index (χ3n) is 4.59. The molecule has 6 nitrogen and oxygen atoms in total. The Morgan fingerprint density at radius 2 is 2.05 bits per heavy atom. The molecule has 0 bridgehead atoms. The number of halogens is 1. The first-order valence-electron chi connectivity index (χ1n) is 7.36. The topological polar surface area (TPSA) is 75.5 Å². The molecule has 22 heavy (non-hydrogen) atoms. The summed E-state index contributed by atoms with van der Waals surface area (Å²) < 4.78 is 0. The van der Waals surface area contributed by atoms with Gasteiger partial charge in [-0.3, -0.25) is 14.9 Å². The van der Waals surface area contributed by atoms with E-state index in [1.807, 2.05) is 4.90 Å². The Labute approximate surface area is 135 Å². The van der Waals surface area contributed by atoms with Crippen LogP contribution in [-0.2, 0) is 11.2 Å². The molecule has 120 valence electrons. The zero-order valence-corrected chi connectivity index (χ0v) is 13.1. The molecule has 2 fully saturated rings. The number of nitro benzene ring substituents is 1. The quantitative estimate of drug-likeness (QED) is 0.677. The fraction of sp³-hybridized carbons (Fsp3) is 0.533. The highest BCUT2D eigenvalue weighted by molar-refractivity contribution is 5.85. The summed E-state index contributed by atoms with van der Waals surface area (Å²) in [4.78, 5) is 24.9. The summed E-state index contributed by atoms with van der Waals surface area (Å²) in [7, 11) is 0. The predicted molar refractivity (Wildman–Crippen MR) is 85.1 cm³/mol. The smallest absolute Gasteiger partial charge is 0.273 e. The van der Waals surface area contributed by atoms with Crippen molar-refractivity contribution in [1.82, 2.24) is 10.2 Å². The second-order valence-electron chi connectivity index (χ2n) is 5.87. The molecule has 0 saturated carbocycles. The summed E-state index contributed by atoms with van der Waals surface area (Å²) in [6.07, 6.45) is 1.14. The summed E-state index contributed by atoms with van der Waals surface area (Å²) in [5.74, 6) is 1.21. The number of likely N-dealkylation sites (tertiary alicyclic amines) is 1. The van der Waals surface area contributed by atoms with Crippen LogP contribution in [0.15, 0.2) is 24.3 Å². The standard InChI is InChI=1S/C15H19N3O3.ClH/c19-15(7-11-3-1-2-4-14(11)18(20)21)17-6-5-12-8-16-9-13(12)10-17;/h1-4,12-13,16H,5-10H2;1H. The van der Waals surface area contributed by atoms with Gasteiger partial charge in [0.1, 0.15) is 0 Å². The van der Waals surface area contributed by atoms with E-state index in [9.17, 15) is 14.9 Å². The van der Waals surface area contributed by atoms with E-state index in [0.29, 0.717) is 17.4 Å². The zero-order valence-electron chi connectivity index (χ0n) is 12.2. The predicted octanol–water partition coefficient (Wildman–Crippen LogP) is 1.63. The van der Waals surface area contributed by atoms with Crippen molar-refractivity contribution in [2.75, 3.05) is 26.2 Å². The van der Waals surface area contributed by atoms with Crippen LogP contribution >= 0.6 is 12.4 Å². The van der Waals surface area contributed by atoms with Gasteiger partial charge in [0.2, 0.25) is 5.91 Å². The first kappa shape index (κ1) is 16.7. The highest BCUT2D eigenvalue weighted by atomic mass is 35.5. The number of nitro groups is 1.